The van der Waals surface area contributed by atoms with E-state index in [0.29, 0.717) is 0 Å². The Hall–Kier alpha value is -0.880. The molecule has 0 saturated carbocycles. The maximum absolute atomic E-state index is 11.9. The van der Waals surface area contributed by atoms with Gasteiger partial charge in [0.1, 0.15) is 0 Å². The lowest BCUT2D eigenvalue weighted by molar-refractivity contribution is 0.566. The summed E-state index contributed by atoms with van der Waals surface area (Å²) in [6, 6.07) is 5.70. The molecule has 0 unspecified atom stereocenters. The first-order valence-electron chi connectivity index (χ1n) is 4.31. The summed E-state index contributed by atoms with van der Waals surface area (Å²) in [5, 5.41) is 0. The third-order valence-corrected chi connectivity index (χ3v) is 8.63. The number of sulfone groups is 2. The molecule has 1 aliphatic heterocycles. The highest BCUT2D eigenvalue weighted by atomic mass is 32.3. The van der Waals surface area contributed by atoms with Gasteiger partial charge in [-0.15, -0.1) is 0 Å². The van der Waals surface area contributed by atoms with Gasteiger partial charge >= 0.3 is 0 Å². The van der Waals surface area contributed by atoms with Gasteiger partial charge in [-0.3, -0.25) is 0 Å². The fourth-order valence-electron chi connectivity index (χ4n) is 1.57. The van der Waals surface area contributed by atoms with Crippen LogP contribution in [0.2, 0.25) is 0 Å². The Kier molecular flexibility index (Phi) is 1.86. The topological polar surface area (TPSA) is 68.3 Å². The number of hydrogen-bond donors (Lipinski definition) is 0. The van der Waals surface area contributed by atoms with Crippen LogP contribution in [0.15, 0.2) is 34.1 Å². The molecule has 0 saturated heterocycles. The highest BCUT2D eigenvalue weighted by Crippen LogP contribution is 2.44. The maximum atomic E-state index is 11.9. The van der Waals surface area contributed by atoms with E-state index in [4.69, 9.17) is 0 Å². The zero-order valence-corrected chi connectivity index (χ0v) is 9.89. The minimum atomic E-state index is -3.78. The summed E-state index contributed by atoms with van der Waals surface area (Å²) < 4.78 is 46.0. The molecule has 1 aromatic carbocycles. The van der Waals surface area contributed by atoms with Crippen LogP contribution in [-0.4, -0.2) is 20.9 Å². The lowest BCUT2D eigenvalue weighted by Gasteiger charge is -2.14. The van der Waals surface area contributed by atoms with Crippen LogP contribution >= 0.6 is 0 Å². The molecule has 1 aromatic rings. The molecule has 15 heavy (non-hydrogen) atoms. The zero-order valence-electron chi connectivity index (χ0n) is 8.26. The molecule has 0 amide bonds. The van der Waals surface area contributed by atoms with Crippen molar-refractivity contribution < 1.29 is 16.8 Å². The molecule has 1 aliphatic rings. The Morgan fingerprint density at radius 2 is 1.20 bits per heavy atom. The quantitative estimate of drug-likeness (QED) is 0.684. The molecule has 0 N–H and O–H groups in total. The molecule has 0 spiro atoms. The SMILES string of the molecule is CC1(C)S(=O)(=O)c2ccccc2S1(=O)=O. The third kappa shape index (κ3) is 1.01. The summed E-state index contributed by atoms with van der Waals surface area (Å²) in [6.45, 7) is 2.44. The minimum absolute atomic E-state index is 0.0880. The molecule has 0 aromatic heterocycles. The Morgan fingerprint density at radius 3 is 1.53 bits per heavy atom. The molecule has 1 heterocycles. The smallest absolute Gasteiger partial charge is 0.199 e. The first-order valence-corrected chi connectivity index (χ1v) is 7.28. The zero-order chi connectivity index (χ0) is 11.5. The van der Waals surface area contributed by atoms with Gasteiger partial charge < -0.3 is 0 Å². The molecule has 0 aliphatic carbocycles. The van der Waals surface area contributed by atoms with E-state index in [2.05, 4.69) is 0 Å². The number of hydrogen-bond acceptors (Lipinski definition) is 4. The highest BCUT2D eigenvalue weighted by molar-refractivity contribution is 8.12. The standard InChI is InChI=1S/C9H10O4S2/c1-9(2)14(10,11)7-5-3-4-6-8(7)15(9,12)13/h3-6H,1-2H3. The van der Waals surface area contributed by atoms with E-state index in [9.17, 15) is 16.8 Å². The number of benzene rings is 1. The first-order chi connectivity index (χ1) is 6.73. The predicted molar refractivity (Wildman–Crippen MR) is 54.9 cm³/mol. The van der Waals surface area contributed by atoms with E-state index in [-0.39, 0.29) is 9.79 Å². The van der Waals surface area contributed by atoms with Crippen molar-refractivity contribution in [2.24, 2.45) is 0 Å². The van der Waals surface area contributed by atoms with Gasteiger partial charge in [0.2, 0.25) is 0 Å². The summed E-state index contributed by atoms with van der Waals surface area (Å²) in [5.74, 6) is 0. The van der Waals surface area contributed by atoms with Gasteiger partial charge in [-0.1, -0.05) is 12.1 Å². The van der Waals surface area contributed by atoms with E-state index < -0.39 is 23.8 Å². The molecule has 0 radical (unpaired) electrons. The Bertz CT molecular complexity index is 569. The van der Waals surface area contributed by atoms with E-state index in [1.54, 1.807) is 0 Å². The average molecular weight is 246 g/mol. The summed E-state index contributed by atoms with van der Waals surface area (Å²) in [6.07, 6.45) is 0. The Morgan fingerprint density at radius 1 is 0.867 bits per heavy atom. The molecule has 2 rings (SSSR count). The first kappa shape index (κ1) is 10.6. The van der Waals surface area contributed by atoms with Gasteiger partial charge in [-0.25, -0.2) is 16.8 Å². The molecular weight excluding hydrogens is 236 g/mol. The van der Waals surface area contributed by atoms with Crippen molar-refractivity contribution >= 4 is 19.7 Å². The van der Waals surface area contributed by atoms with Crippen molar-refractivity contribution in [3.8, 4) is 0 Å². The second-order valence-electron chi connectivity index (χ2n) is 3.85. The highest BCUT2D eigenvalue weighted by Gasteiger charge is 2.56. The Labute approximate surface area is 88.8 Å². The van der Waals surface area contributed by atoms with Crippen LogP contribution in [0.25, 0.3) is 0 Å². The van der Waals surface area contributed by atoms with Crippen LogP contribution in [0.4, 0.5) is 0 Å². The van der Waals surface area contributed by atoms with Crippen molar-refractivity contribution in [1.82, 2.24) is 0 Å². The largest absolute Gasteiger partial charge is 0.222 e. The van der Waals surface area contributed by atoms with Gasteiger partial charge in [0.25, 0.3) is 0 Å². The molecule has 4 nitrogen and oxygen atoms in total. The molecule has 0 bridgehead atoms. The average Bonchev–Trinajstić information content (AvgIpc) is 2.26. The molecule has 6 heteroatoms. The fraction of sp³-hybridized carbons (Fsp3) is 0.333. The van der Waals surface area contributed by atoms with Gasteiger partial charge in [0.15, 0.2) is 23.8 Å². The number of rotatable bonds is 0. The van der Waals surface area contributed by atoms with E-state index in [1.165, 1.54) is 38.1 Å². The lowest BCUT2D eigenvalue weighted by Crippen LogP contribution is -2.34. The summed E-state index contributed by atoms with van der Waals surface area (Å²) in [7, 11) is -7.56. The van der Waals surface area contributed by atoms with Crippen LogP contribution in [0.3, 0.4) is 0 Å². The van der Waals surface area contributed by atoms with Gasteiger partial charge in [0, 0.05) is 0 Å². The monoisotopic (exact) mass is 246 g/mol. The van der Waals surface area contributed by atoms with Crippen LogP contribution in [-0.2, 0) is 19.7 Å². The van der Waals surface area contributed by atoms with E-state index in [0.717, 1.165) is 0 Å². The van der Waals surface area contributed by atoms with Gasteiger partial charge in [-0.05, 0) is 26.0 Å². The van der Waals surface area contributed by atoms with E-state index >= 15 is 0 Å². The van der Waals surface area contributed by atoms with Crippen molar-refractivity contribution in [3.05, 3.63) is 24.3 Å². The fourth-order valence-corrected chi connectivity index (χ4v) is 6.16. The second kappa shape index (κ2) is 2.62. The van der Waals surface area contributed by atoms with Crippen LogP contribution in [0, 0.1) is 0 Å². The summed E-state index contributed by atoms with van der Waals surface area (Å²) >= 11 is 0. The molecular formula is C9H10O4S2. The van der Waals surface area contributed by atoms with Gasteiger partial charge in [-0.2, -0.15) is 0 Å². The predicted octanol–water partition coefficient (Wildman–Crippen LogP) is 0.984. The van der Waals surface area contributed by atoms with E-state index in [1.807, 2.05) is 0 Å². The lowest BCUT2D eigenvalue weighted by atomic mass is 10.4. The van der Waals surface area contributed by atoms with Gasteiger partial charge in [0.05, 0.1) is 9.79 Å². The summed E-state index contributed by atoms with van der Waals surface area (Å²) in [5.41, 5.74) is 0. The summed E-state index contributed by atoms with van der Waals surface area (Å²) in [4.78, 5) is -0.176. The minimum Gasteiger partial charge on any atom is -0.222 e. The van der Waals surface area contributed by atoms with Crippen molar-refractivity contribution in [2.45, 2.75) is 27.7 Å². The van der Waals surface area contributed by atoms with Crippen LogP contribution in [0.5, 0.6) is 0 Å². The molecule has 0 fully saturated rings. The Balaban J connectivity index is 3.04. The normalized spacial score (nSPS) is 24.7. The van der Waals surface area contributed by atoms with Crippen molar-refractivity contribution in [1.29, 1.82) is 0 Å². The molecule has 82 valence electrons. The van der Waals surface area contributed by atoms with Crippen molar-refractivity contribution in [3.63, 3.8) is 0 Å². The van der Waals surface area contributed by atoms with Crippen molar-refractivity contribution in [2.75, 3.05) is 0 Å². The third-order valence-electron chi connectivity index (χ3n) is 2.72. The number of fused-ring (bicyclic) bond motifs is 1. The van der Waals surface area contributed by atoms with Crippen LogP contribution in [0.1, 0.15) is 13.8 Å². The second-order valence-corrected chi connectivity index (χ2v) is 9.05. The van der Waals surface area contributed by atoms with Crippen LogP contribution < -0.4 is 0 Å². The molecule has 0 atom stereocenters. The maximum Gasteiger partial charge on any atom is 0.199 e.